The molecule has 0 atom stereocenters. The number of hydrogen-bond acceptors (Lipinski definition) is 2. The van der Waals surface area contributed by atoms with E-state index in [0.29, 0.717) is 12.8 Å². The molecule has 66 valence electrons. The van der Waals surface area contributed by atoms with Gasteiger partial charge in [-0.3, -0.25) is 0 Å². The summed E-state index contributed by atoms with van der Waals surface area (Å²) in [6, 6.07) is 0. The minimum Gasteiger partial charge on any atom is -0.463 e. The first-order valence-electron chi connectivity index (χ1n) is 4.23. The van der Waals surface area contributed by atoms with E-state index in [2.05, 4.69) is 13.8 Å². The monoisotopic (exact) mass is 177 g/mol. The van der Waals surface area contributed by atoms with Crippen molar-refractivity contribution in [1.29, 1.82) is 0 Å². The van der Waals surface area contributed by atoms with Crippen LogP contribution in [0.3, 0.4) is 0 Å². The maximum absolute atomic E-state index is 11.0. The summed E-state index contributed by atoms with van der Waals surface area (Å²) in [5.41, 5.74) is 0. The molecule has 0 rings (SSSR count). The van der Waals surface area contributed by atoms with Crippen LogP contribution in [0.4, 0.5) is 0 Å². The second kappa shape index (κ2) is 6.60. The van der Waals surface area contributed by atoms with Crippen LogP contribution in [-0.2, 0) is 9.53 Å². The summed E-state index contributed by atoms with van der Waals surface area (Å²) in [4.78, 5) is 11.0. The molecule has 2 nitrogen and oxygen atoms in total. The van der Waals surface area contributed by atoms with E-state index in [1.54, 1.807) is 0 Å². The Hall–Kier alpha value is -0.100. The van der Waals surface area contributed by atoms with Crippen molar-refractivity contribution < 1.29 is 9.53 Å². The van der Waals surface area contributed by atoms with E-state index in [0.717, 1.165) is 0 Å². The Bertz CT molecular complexity index is 111. The second-order valence-corrected chi connectivity index (χ2v) is 5.71. The lowest BCUT2D eigenvalue weighted by molar-refractivity contribution is -0.139. The molecule has 0 bridgehead atoms. The molecule has 0 unspecified atom stereocenters. The summed E-state index contributed by atoms with van der Waals surface area (Å²) in [6.45, 7) is 6.66. The van der Waals surface area contributed by atoms with Gasteiger partial charge in [0.25, 0.3) is 0 Å². The van der Waals surface area contributed by atoms with E-state index in [9.17, 15) is 4.79 Å². The van der Waals surface area contributed by atoms with Gasteiger partial charge in [0, 0.05) is 7.92 Å². The molecular formula is C8H18O2P+. The number of hydrogen-bond donors (Lipinski definition) is 0. The molecule has 0 radical (unpaired) electrons. The van der Waals surface area contributed by atoms with Crippen LogP contribution in [0.5, 0.6) is 0 Å². The maximum atomic E-state index is 11.0. The van der Waals surface area contributed by atoms with Gasteiger partial charge in [0.15, 0.2) is 6.16 Å². The highest BCUT2D eigenvalue weighted by atomic mass is 31.1. The van der Waals surface area contributed by atoms with E-state index in [1.807, 2.05) is 6.92 Å². The van der Waals surface area contributed by atoms with Gasteiger partial charge in [-0.1, -0.05) is 0 Å². The highest BCUT2D eigenvalue weighted by Crippen LogP contribution is 2.33. The van der Waals surface area contributed by atoms with Gasteiger partial charge in [0.2, 0.25) is 0 Å². The SMILES string of the molecule is CCOC(=O)C[PH+](CC)CC. The summed E-state index contributed by atoms with van der Waals surface area (Å²) in [6.07, 6.45) is 3.02. The smallest absolute Gasteiger partial charge is 0.343 e. The lowest BCUT2D eigenvalue weighted by Gasteiger charge is -2.04. The fraction of sp³-hybridized carbons (Fsp3) is 0.875. The van der Waals surface area contributed by atoms with Gasteiger partial charge >= 0.3 is 5.97 Å². The predicted octanol–water partition coefficient (Wildman–Crippen LogP) is 1.80. The molecule has 0 amide bonds. The van der Waals surface area contributed by atoms with E-state index in [4.69, 9.17) is 4.74 Å². The van der Waals surface area contributed by atoms with Crippen LogP contribution in [0.1, 0.15) is 20.8 Å². The normalized spacial score (nSPS) is 10.2. The molecule has 0 spiro atoms. The molecule has 0 saturated heterocycles. The molecule has 0 fully saturated rings. The molecule has 0 aromatic carbocycles. The molecule has 0 aliphatic heterocycles. The largest absolute Gasteiger partial charge is 0.463 e. The Morgan fingerprint density at radius 2 is 1.82 bits per heavy atom. The van der Waals surface area contributed by atoms with Gasteiger partial charge in [-0.15, -0.1) is 0 Å². The van der Waals surface area contributed by atoms with Gasteiger partial charge in [-0.05, 0) is 20.8 Å². The molecule has 3 heteroatoms. The summed E-state index contributed by atoms with van der Waals surface area (Å²) < 4.78 is 4.86. The minimum atomic E-state index is -0.419. The van der Waals surface area contributed by atoms with Gasteiger partial charge in [0.1, 0.15) is 0 Å². The van der Waals surface area contributed by atoms with Crippen LogP contribution < -0.4 is 0 Å². The summed E-state index contributed by atoms with van der Waals surface area (Å²) in [5.74, 6) is -0.00918. The van der Waals surface area contributed by atoms with Crippen LogP contribution in [0, 0.1) is 0 Å². The van der Waals surface area contributed by atoms with E-state index in [1.165, 1.54) is 12.3 Å². The fourth-order valence-electron chi connectivity index (χ4n) is 0.916. The lowest BCUT2D eigenvalue weighted by Crippen LogP contribution is -2.09. The molecule has 0 aliphatic carbocycles. The third-order valence-corrected chi connectivity index (χ3v) is 4.49. The Morgan fingerprint density at radius 3 is 2.18 bits per heavy atom. The van der Waals surface area contributed by atoms with Crippen molar-refractivity contribution in [2.24, 2.45) is 0 Å². The first-order valence-corrected chi connectivity index (χ1v) is 6.35. The Balaban J connectivity index is 3.54. The predicted molar refractivity (Wildman–Crippen MR) is 50.9 cm³/mol. The van der Waals surface area contributed by atoms with Crippen molar-refractivity contribution >= 4 is 13.9 Å². The van der Waals surface area contributed by atoms with Crippen molar-refractivity contribution in [1.82, 2.24) is 0 Å². The molecule has 0 aliphatic rings. The quantitative estimate of drug-likeness (QED) is 0.473. The lowest BCUT2D eigenvalue weighted by atomic mass is 10.8. The molecule has 0 N–H and O–H groups in total. The Morgan fingerprint density at radius 1 is 1.27 bits per heavy atom. The summed E-state index contributed by atoms with van der Waals surface area (Å²) in [5, 5.41) is 0. The number of carbonyl (C=O) groups excluding carboxylic acids is 1. The number of ether oxygens (including phenoxy) is 1. The van der Waals surface area contributed by atoms with Crippen molar-refractivity contribution in [3.8, 4) is 0 Å². The van der Waals surface area contributed by atoms with Crippen molar-refractivity contribution in [2.45, 2.75) is 20.8 Å². The third-order valence-electron chi connectivity index (χ3n) is 1.70. The topological polar surface area (TPSA) is 26.3 Å². The van der Waals surface area contributed by atoms with Crippen LogP contribution in [0.15, 0.2) is 0 Å². The molecule has 0 aromatic heterocycles. The van der Waals surface area contributed by atoms with Crippen LogP contribution in [-0.4, -0.2) is 31.1 Å². The highest BCUT2D eigenvalue weighted by Gasteiger charge is 2.16. The number of rotatable bonds is 5. The average Bonchev–Trinajstić information content (AvgIpc) is 2.01. The second-order valence-electron chi connectivity index (χ2n) is 2.44. The van der Waals surface area contributed by atoms with Crippen LogP contribution in [0.25, 0.3) is 0 Å². The number of carbonyl (C=O) groups is 1. The van der Waals surface area contributed by atoms with E-state index >= 15 is 0 Å². The molecule has 0 saturated carbocycles. The first kappa shape index (κ1) is 10.9. The third kappa shape index (κ3) is 5.20. The van der Waals surface area contributed by atoms with E-state index < -0.39 is 7.92 Å². The van der Waals surface area contributed by atoms with Crippen LogP contribution >= 0.6 is 7.92 Å². The Kier molecular flexibility index (Phi) is 6.54. The first-order chi connectivity index (χ1) is 5.24. The molecule has 0 heterocycles. The van der Waals surface area contributed by atoms with Gasteiger partial charge in [-0.2, -0.15) is 0 Å². The number of esters is 1. The summed E-state index contributed by atoms with van der Waals surface area (Å²) >= 11 is 0. The molecule has 0 aromatic rings. The summed E-state index contributed by atoms with van der Waals surface area (Å²) in [7, 11) is -0.419. The van der Waals surface area contributed by atoms with Crippen molar-refractivity contribution in [3.63, 3.8) is 0 Å². The van der Waals surface area contributed by atoms with Crippen LogP contribution in [0.2, 0.25) is 0 Å². The maximum Gasteiger partial charge on any atom is 0.343 e. The minimum absolute atomic E-state index is 0.00918. The average molecular weight is 177 g/mol. The standard InChI is InChI=1S/C8H17O2P/c1-4-10-8(9)7-11(5-2)6-3/h4-7H2,1-3H3/p+1. The zero-order valence-electron chi connectivity index (χ0n) is 7.64. The molecular weight excluding hydrogens is 159 g/mol. The highest BCUT2D eigenvalue weighted by molar-refractivity contribution is 7.58. The zero-order chi connectivity index (χ0) is 8.69. The Labute approximate surface area is 70.1 Å². The van der Waals surface area contributed by atoms with E-state index in [-0.39, 0.29) is 5.97 Å². The van der Waals surface area contributed by atoms with Gasteiger partial charge in [-0.25, -0.2) is 4.79 Å². The fourth-order valence-corrected chi connectivity index (χ4v) is 2.43. The zero-order valence-corrected chi connectivity index (χ0v) is 8.64. The van der Waals surface area contributed by atoms with Crippen molar-refractivity contribution in [2.75, 3.05) is 25.1 Å². The van der Waals surface area contributed by atoms with Gasteiger partial charge < -0.3 is 4.74 Å². The van der Waals surface area contributed by atoms with Gasteiger partial charge in [0.05, 0.1) is 18.9 Å². The molecule has 11 heavy (non-hydrogen) atoms. The van der Waals surface area contributed by atoms with Crippen molar-refractivity contribution in [3.05, 3.63) is 0 Å².